The summed E-state index contributed by atoms with van der Waals surface area (Å²) in [6, 6.07) is 13.0. The van der Waals surface area contributed by atoms with Gasteiger partial charge in [0.05, 0.1) is 12.5 Å². The quantitative estimate of drug-likeness (QED) is 0.739. The molecule has 0 aliphatic heterocycles. The number of hydrogen-bond donors (Lipinski definition) is 0. The van der Waals surface area contributed by atoms with Crippen molar-refractivity contribution in [1.29, 1.82) is 0 Å². The van der Waals surface area contributed by atoms with Crippen molar-refractivity contribution in [3.8, 4) is 5.75 Å². The number of alkyl halides is 1. The van der Waals surface area contributed by atoms with Crippen LogP contribution in [-0.2, 0) is 6.42 Å². The van der Waals surface area contributed by atoms with E-state index in [2.05, 4.69) is 24.3 Å². The fourth-order valence-corrected chi connectivity index (χ4v) is 2.23. The van der Waals surface area contributed by atoms with Gasteiger partial charge in [-0.1, -0.05) is 35.9 Å². The Hall–Kier alpha value is -1.54. The van der Waals surface area contributed by atoms with Crippen LogP contribution in [-0.4, -0.2) is 7.11 Å². The summed E-state index contributed by atoms with van der Waals surface area (Å²) in [7, 11) is 1.45. The Morgan fingerprint density at radius 3 is 2.47 bits per heavy atom. The van der Waals surface area contributed by atoms with Crippen LogP contribution in [0.15, 0.2) is 42.5 Å². The van der Waals surface area contributed by atoms with E-state index in [1.165, 1.54) is 18.7 Å². The van der Waals surface area contributed by atoms with Gasteiger partial charge < -0.3 is 4.74 Å². The Morgan fingerprint density at radius 2 is 1.84 bits per heavy atom. The minimum absolute atomic E-state index is 0.197. The van der Waals surface area contributed by atoms with Gasteiger partial charge in [0.15, 0.2) is 11.6 Å². The van der Waals surface area contributed by atoms with Crippen LogP contribution in [0.2, 0.25) is 0 Å². The molecule has 1 nitrogen and oxygen atoms in total. The molecule has 0 saturated carbocycles. The van der Waals surface area contributed by atoms with Gasteiger partial charge >= 0.3 is 0 Å². The lowest BCUT2D eigenvalue weighted by atomic mass is 10.0. The van der Waals surface area contributed by atoms with E-state index in [1.807, 2.05) is 6.92 Å². The molecule has 19 heavy (non-hydrogen) atoms. The van der Waals surface area contributed by atoms with Crippen LogP contribution in [0.4, 0.5) is 4.39 Å². The van der Waals surface area contributed by atoms with Gasteiger partial charge in [-0.05, 0) is 36.6 Å². The van der Waals surface area contributed by atoms with Crippen molar-refractivity contribution < 1.29 is 9.13 Å². The molecule has 0 N–H and O–H groups in total. The van der Waals surface area contributed by atoms with E-state index < -0.39 is 0 Å². The number of ether oxygens (including phenoxy) is 1. The zero-order valence-electron chi connectivity index (χ0n) is 11.0. The van der Waals surface area contributed by atoms with Crippen LogP contribution >= 0.6 is 11.6 Å². The first-order valence-corrected chi connectivity index (χ1v) is 6.57. The second-order valence-electron chi connectivity index (χ2n) is 4.55. The van der Waals surface area contributed by atoms with Crippen molar-refractivity contribution in [2.45, 2.75) is 18.7 Å². The zero-order valence-corrected chi connectivity index (χ0v) is 11.7. The van der Waals surface area contributed by atoms with E-state index in [4.69, 9.17) is 16.3 Å². The zero-order chi connectivity index (χ0) is 13.8. The van der Waals surface area contributed by atoms with Crippen molar-refractivity contribution in [1.82, 2.24) is 0 Å². The van der Waals surface area contributed by atoms with Gasteiger partial charge in [0, 0.05) is 0 Å². The average molecular weight is 279 g/mol. The maximum absolute atomic E-state index is 13.3. The van der Waals surface area contributed by atoms with Crippen LogP contribution < -0.4 is 4.74 Å². The molecule has 0 bridgehead atoms. The topological polar surface area (TPSA) is 9.23 Å². The van der Waals surface area contributed by atoms with Crippen LogP contribution in [0.3, 0.4) is 0 Å². The van der Waals surface area contributed by atoms with Crippen LogP contribution in [0.25, 0.3) is 0 Å². The molecule has 0 fully saturated rings. The monoisotopic (exact) mass is 278 g/mol. The maximum atomic E-state index is 13.3. The summed E-state index contributed by atoms with van der Waals surface area (Å²) in [5, 5.41) is -0.197. The Morgan fingerprint density at radius 1 is 1.16 bits per heavy atom. The fraction of sp³-hybridized carbons (Fsp3) is 0.250. The summed E-state index contributed by atoms with van der Waals surface area (Å²) in [4.78, 5) is 0. The third-order valence-corrected chi connectivity index (χ3v) is 3.48. The van der Waals surface area contributed by atoms with Crippen molar-refractivity contribution >= 4 is 11.6 Å². The highest BCUT2D eigenvalue weighted by atomic mass is 35.5. The number of aryl methyl sites for hydroxylation is 1. The lowest BCUT2D eigenvalue weighted by Crippen LogP contribution is -1.98. The summed E-state index contributed by atoms with van der Waals surface area (Å²) in [6.07, 6.45) is 0.705. The first-order chi connectivity index (χ1) is 9.10. The van der Waals surface area contributed by atoms with Gasteiger partial charge in [-0.3, -0.25) is 0 Å². The molecule has 0 aromatic heterocycles. The molecule has 0 saturated heterocycles. The molecular formula is C16H16ClFO. The molecule has 0 spiro atoms. The average Bonchev–Trinajstić information content (AvgIpc) is 2.42. The largest absolute Gasteiger partial charge is 0.494 e. The summed E-state index contributed by atoms with van der Waals surface area (Å²) < 4.78 is 18.3. The molecular weight excluding hydrogens is 263 g/mol. The number of rotatable bonds is 4. The van der Waals surface area contributed by atoms with Gasteiger partial charge in [-0.25, -0.2) is 4.39 Å². The van der Waals surface area contributed by atoms with E-state index >= 15 is 0 Å². The second kappa shape index (κ2) is 6.07. The van der Waals surface area contributed by atoms with Crippen molar-refractivity contribution in [3.05, 3.63) is 65.0 Å². The maximum Gasteiger partial charge on any atom is 0.165 e. The second-order valence-corrected chi connectivity index (χ2v) is 5.08. The van der Waals surface area contributed by atoms with Crippen molar-refractivity contribution in [3.63, 3.8) is 0 Å². The SMILES string of the molecule is COc1cc(C(Cl)Cc2ccc(C)cc2)ccc1F. The van der Waals surface area contributed by atoms with E-state index in [-0.39, 0.29) is 16.9 Å². The summed E-state index contributed by atoms with van der Waals surface area (Å²) in [5.74, 6) is -0.141. The molecule has 100 valence electrons. The normalized spacial score (nSPS) is 12.2. The highest BCUT2D eigenvalue weighted by Gasteiger charge is 2.12. The Balaban J connectivity index is 2.15. The first-order valence-electron chi connectivity index (χ1n) is 6.13. The van der Waals surface area contributed by atoms with Crippen LogP contribution in [0.1, 0.15) is 22.1 Å². The molecule has 0 heterocycles. The number of hydrogen-bond acceptors (Lipinski definition) is 1. The molecule has 2 rings (SSSR count). The lowest BCUT2D eigenvalue weighted by Gasteiger charge is -2.12. The molecule has 0 amide bonds. The Labute approximate surface area is 118 Å². The van der Waals surface area contributed by atoms with Gasteiger partial charge in [-0.15, -0.1) is 11.6 Å². The van der Waals surface area contributed by atoms with Crippen molar-refractivity contribution in [2.75, 3.05) is 7.11 Å². The van der Waals surface area contributed by atoms with Crippen LogP contribution in [0, 0.1) is 12.7 Å². The van der Waals surface area contributed by atoms with Crippen LogP contribution in [0.5, 0.6) is 5.75 Å². The minimum atomic E-state index is -0.370. The third kappa shape index (κ3) is 3.48. The minimum Gasteiger partial charge on any atom is -0.494 e. The van der Waals surface area contributed by atoms with Gasteiger partial charge in [0.2, 0.25) is 0 Å². The Kier molecular flexibility index (Phi) is 4.43. The standard InChI is InChI=1S/C16H16ClFO/c1-11-3-5-12(6-4-11)9-14(17)13-7-8-15(18)16(10-13)19-2/h3-8,10,14H,9H2,1-2H3. The van der Waals surface area contributed by atoms with E-state index in [0.29, 0.717) is 6.42 Å². The van der Waals surface area contributed by atoms with Gasteiger partial charge in [0.1, 0.15) is 0 Å². The summed E-state index contributed by atoms with van der Waals surface area (Å²) in [5.41, 5.74) is 3.24. The predicted octanol–water partition coefficient (Wildman–Crippen LogP) is 4.67. The molecule has 2 aromatic rings. The third-order valence-electron chi connectivity index (χ3n) is 3.07. The Bertz CT molecular complexity index is 551. The first kappa shape index (κ1) is 13.9. The molecule has 0 aliphatic rings. The molecule has 1 atom stereocenters. The smallest absolute Gasteiger partial charge is 0.165 e. The lowest BCUT2D eigenvalue weighted by molar-refractivity contribution is 0.386. The summed E-state index contributed by atoms with van der Waals surface area (Å²) >= 11 is 6.38. The molecule has 0 radical (unpaired) electrons. The molecule has 2 aromatic carbocycles. The molecule has 0 aliphatic carbocycles. The van der Waals surface area contributed by atoms with Gasteiger partial charge in [0.25, 0.3) is 0 Å². The van der Waals surface area contributed by atoms with Gasteiger partial charge in [-0.2, -0.15) is 0 Å². The van der Waals surface area contributed by atoms with Crippen molar-refractivity contribution in [2.24, 2.45) is 0 Å². The number of benzene rings is 2. The van der Waals surface area contributed by atoms with E-state index in [0.717, 1.165) is 11.1 Å². The van der Waals surface area contributed by atoms with E-state index in [9.17, 15) is 4.39 Å². The number of halogens is 2. The number of methoxy groups -OCH3 is 1. The molecule has 3 heteroatoms. The fourth-order valence-electron chi connectivity index (χ4n) is 1.92. The molecule has 1 unspecified atom stereocenters. The highest BCUT2D eigenvalue weighted by Crippen LogP contribution is 2.29. The summed E-state index contributed by atoms with van der Waals surface area (Å²) in [6.45, 7) is 2.05. The van der Waals surface area contributed by atoms with E-state index in [1.54, 1.807) is 12.1 Å². The highest BCUT2D eigenvalue weighted by molar-refractivity contribution is 6.20. The predicted molar refractivity (Wildman–Crippen MR) is 76.4 cm³/mol.